The van der Waals surface area contributed by atoms with Gasteiger partial charge in [-0.25, -0.2) is 0 Å². The highest BCUT2D eigenvalue weighted by molar-refractivity contribution is 5.88. The quantitative estimate of drug-likeness (QED) is 0.901. The third-order valence-corrected chi connectivity index (χ3v) is 4.39. The maximum absolute atomic E-state index is 11.0. The third kappa shape index (κ3) is 2.43. The second-order valence-electron chi connectivity index (χ2n) is 5.90. The fraction of sp³-hybridized carbons (Fsp3) is 0.389. The van der Waals surface area contributed by atoms with Crippen molar-refractivity contribution in [2.75, 3.05) is 0 Å². The Labute approximate surface area is 119 Å². The van der Waals surface area contributed by atoms with Crippen molar-refractivity contribution in [3.8, 4) is 0 Å². The van der Waals surface area contributed by atoms with Crippen molar-refractivity contribution in [2.45, 2.75) is 44.9 Å². The van der Waals surface area contributed by atoms with Gasteiger partial charge < -0.3 is 5.11 Å². The number of fused-ring (bicyclic) bond motifs is 2. The fourth-order valence-electron chi connectivity index (χ4n) is 3.34. The van der Waals surface area contributed by atoms with Crippen LogP contribution in [0, 0.1) is 0 Å². The largest absolute Gasteiger partial charge is 0.481 e. The Balaban J connectivity index is 2.11. The normalized spacial score (nSPS) is 15.8. The molecule has 0 aromatic heterocycles. The van der Waals surface area contributed by atoms with E-state index in [0.717, 1.165) is 6.42 Å². The van der Waals surface area contributed by atoms with Crippen molar-refractivity contribution in [2.24, 2.45) is 0 Å². The maximum atomic E-state index is 11.0. The van der Waals surface area contributed by atoms with Crippen molar-refractivity contribution < 1.29 is 9.90 Å². The van der Waals surface area contributed by atoms with Gasteiger partial charge in [0.2, 0.25) is 0 Å². The standard InChI is InChI=1S/C18H20O2/c1-12(9-18(19)20)16-8-4-7-15-10-13-5-2-3-6-14(13)11-17(15)16/h4,7-8,10-12H,2-3,5-6,9H2,1H3,(H,19,20). The summed E-state index contributed by atoms with van der Waals surface area (Å²) in [5, 5.41) is 11.5. The molecular weight excluding hydrogens is 248 g/mol. The Hall–Kier alpha value is -1.83. The van der Waals surface area contributed by atoms with Crippen LogP contribution in [0.2, 0.25) is 0 Å². The highest BCUT2D eigenvalue weighted by Gasteiger charge is 2.16. The van der Waals surface area contributed by atoms with E-state index in [1.165, 1.54) is 46.7 Å². The topological polar surface area (TPSA) is 37.3 Å². The second-order valence-corrected chi connectivity index (χ2v) is 5.90. The first kappa shape index (κ1) is 13.2. The smallest absolute Gasteiger partial charge is 0.303 e. The molecule has 1 atom stereocenters. The van der Waals surface area contributed by atoms with E-state index in [1.807, 2.05) is 13.0 Å². The minimum Gasteiger partial charge on any atom is -0.481 e. The summed E-state index contributed by atoms with van der Waals surface area (Å²) < 4.78 is 0. The van der Waals surface area contributed by atoms with Gasteiger partial charge in [0.15, 0.2) is 0 Å². The number of carbonyl (C=O) groups is 1. The summed E-state index contributed by atoms with van der Waals surface area (Å²) in [6.45, 7) is 2.00. The minimum atomic E-state index is -0.729. The molecule has 1 aliphatic rings. The van der Waals surface area contributed by atoms with Crippen molar-refractivity contribution in [1.29, 1.82) is 0 Å². The van der Waals surface area contributed by atoms with E-state index in [1.54, 1.807) is 0 Å². The molecule has 2 heteroatoms. The predicted octanol–water partition coefficient (Wildman–Crippen LogP) is 4.30. The maximum Gasteiger partial charge on any atom is 0.303 e. The summed E-state index contributed by atoms with van der Waals surface area (Å²) in [5.74, 6) is -0.676. The first-order chi connectivity index (χ1) is 9.65. The molecule has 2 aromatic rings. The number of benzene rings is 2. The number of rotatable bonds is 3. The molecule has 20 heavy (non-hydrogen) atoms. The number of carboxylic acid groups (broad SMARTS) is 1. The van der Waals surface area contributed by atoms with Gasteiger partial charge in [0.1, 0.15) is 0 Å². The van der Waals surface area contributed by atoms with E-state index in [-0.39, 0.29) is 12.3 Å². The highest BCUT2D eigenvalue weighted by Crippen LogP contribution is 2.32. The Kier molecular flexibility index (Phi) is 3.47. The van der Waals surface area contributed by atoms with Gasteiger partial charge in [-0.2, -0.15) is 0 Å². The molecule has 0 saturated carbocycles. The van der Waals surface area contributed by atoms with E-state index in [4.69, 9.17) is 5.11 Å². The minimum absolute atomic E-state index is 0.0536. The van der Waals surface area contributed by atoms with Crippen LogP contribution in [-0.2, 0) is 17.6 Å². The average molecular weight is 268 g/mol. The van der Waals surface area contributed by atoms with E-state index in [0.29, 0.717) is 0 Å². The van der Waals surface area contributed by atoms with Gasteiger partial charge in [0.25, 0.3) is 0 Å². The van der Waals surface area contributed by atoms with Crippen molar-refractivity contribution in [3.63, 3.8) is 0 Å². The molecule has 0 fully saturated rings. The molecule has 0 aliphatic heterocycles. The van der Waals surface area contributed by atoms with Crippen molar-refractivity contribution in [3.05, 3.63) is 47.0 Å². The summed E-state index contributed by atoms with van der Waals surface area (Å²) in [5.41, 5.74) is 4.10. The van der Waals surface area contributed by atoms with E-state index in [2.05, 4.69) is 24.3 Å². The third-order valence-electron chi connectivity index (χ3n) is 4.39. The molecule has 1 aliphatic carbocycles. The van der Waals surface area contributed by atoms with Crippen LogP contribution in [0.4, 0.5) is 0 Å². The molecule has 104 valence electrons. The Bertz CT molecular complexity index is 658. The van der Waals surface area contributed by atoms with Gasteiger partial charge in [-0.3, -0.25) is 4.79 Å². The molecular formula is C18H20O2. The monoisotopic (exact) mass is 268 g/mol. The fourth-order valence-corrected chi connectivity index (χ4v) is 3.34. The predicted molar refractivity (Wildman–Crippen MR) is 81.3 cm³/mol. The molecule has 0 amide bonds. The Morgan fingerprint density at radius 3 is 2.60 bits per heavy atom. The summed E-state index contributed by atoms with van der Waals surface area (Å²) in [7, 11) is 0. The first-order valence-electron chi connectivity index (χ1n) is 7.41. The van der Waals surface area contributed by atoms with Crippen LogP contribution in [0.25, 0.3) is 10.8 Å². The molecule has 1 N–H and O–H groups in total. The summed E-state index contributed by atoms with van der Waals surface area (Å²) in [6.07, 6.45) is 5.09. The highest BCUT2D eigenvalue weighted by atomic mass is 16.4. The van der Waals surface area contributed by atoms with Crippen LogP contribution < -0.4 is 0 Å². The lowest BCUT2D eigenvalue weighted by atomic mass is 9.86. The molecule has 0 heterocycles. The van der Waals surface area contributed by atoms with Crippen LogP contribution in [0.1, 0.15) is 48.8 Å². The zero-order valence-electron chi connectivity index (χ0n) is 11.9. The van der Waals surface area contributed by atoms with Crippen molar-refractivity contribution >= 4 is 16.7 Å². The number of aliphatic carboxylic acids is 1. The summed E-state index contributed by atoms with van der Waals surface area (Å²) in [4.78, 5) is 11.0. The first-order valence-corrected chi connectivity index (χ1v) is 7.41. The lowest BCUT2D eigenvalue weighted by molar-refractivity contribution is -0.137. The van der Waals surface area contributed by atoms with Crippen LogP contribution in [-0.4, -0.2) is 11.1 Å². The molecule has 1 unspecified atom stereocenters. The van der Waals surface area contributed by atoms with Gasteiger partial charge in [-0.15, -0.1) is 0 Å². The average Bonchev–Trinajstić information content (AvgIpc) is 2.43. The number of hydrogen-bond acceptors (Lipinski definition) is 1. The SMILES string of the molecule is CC(CC(=O)O)c1cccc2cc3c(cc12)CCCC3. The Morgan fingerprint density at radius 1 is 1.20 bits per heavy atom. The number of hydrogen-bond donors (Lipinski definition) is 1. The molecule has 0 spiro atoms. The van der Waals surface area contributed by atoms with Gasteiger partial charge >= 0.3 is 5.97 Å². The van der Waals surface area contributed by atoms with Gasteiger partial charge in [-0.1, -0.05) is 37.3 Å². The summed E-state index contributed by atoms with van der Waals surface area (Å²) in [6, 6.07) is 10.9. The molecule has 2 aromatic carbocycles. The van der Waals surface area contributed by atoms with Crippen molar-refractivity contribution in [1.82, 2.24) is 0 Å². The van der Waals surface area contributed by atoms with E-state index in [9.17, 15) is 4.79 Å². The van der Waals surface area contributed by atoms with Crippen LogP contribution >= 0.6 is 0 Å². The molecule has 0 saturated heterocycles. The zero-order valence-corrected chi connectivity index (χ0v) is 11.9. The van der Waals surface area contributed by atoms with Crippen LogP contribution in [0.3, 0.4) is 0 Å². The van der Waals surface area contributed by atoms with Crippen LogP contribution in [0.5, 0.6) is 0 Å². The lowest BCUT2D eigenvalue weighted by Gasteiger charge is -2.19. The second kappa shape index (κ2) is 5.28. The number of carboxylic acids is 1. The zero-order chi connectivity index (χ0) is 14.1. The lowest BCUT2D eigenvalue weighted by Crippen LogP contribution is -2.05. The molecule has 0 radical (unpaired) electrons. The molecule has 3 rings (SSSR count). The van der Waals surface area contributed by atoms with Crippen LogP contribution in [0.15, 0.2) is 30.3 Å². The van der Waals surface area contributed by atoms with Gasteiger partial charge in [-0.05, 0) is 59.1 Å². The van der Waals surface area contributed by atoms with Gasteiger partial charge in [0.05, 0.1) is 6.42 Å². The molecule has 0 bridgehead atoms. The van der Waals surface area contributed by atoms with E-state index < -0.39 is 5.97 Å². The molecule has 2 nitrogen and oxygen atoms in total. The summed E-state index contributed by atoms with van der Waals surface area (Å²) >= 11 is 0. The number of aryl methyl sites for hydroxylation is 2. The van der Waals surface area contributed by atoms with E-state index >= 15 is 0 Å². The van der Waals surface area contributed by atoms with Gasteiger partial charge in [0, 0.05) is 0 Å². The Morgan fingerprint density at radius 2 is 1.90 bits per heavy atom.